The summed E-state index contributed by atoms with van der Waals surface area (Å²) in [5, 5.41) is 11.6. The van der Waals surface area contributed by atoms with Gasteiger partial charge in [-0.15, -0.1) is 0 Å². The number of hydrogen-bond donors (Lipinski definition) is 2. The predicted octanol–water partition coefficient (Wildman–Crippen LogP) is 5.86. The number of fused-ring (bicyclic) bond motifs is 7. The van der Waals surface area contributed by atoms with E-state index in [4.69, 9.17) is 4.99 Å². The summed E-state index contributed by atoms with van der Waals surface area (Å²) >= 11 is 0. The van der Waals surface area contributed by atoms with E-state index in [2.05, 4.69) is 116 Å². The summed E-state index contributed by atoms with van der Waals surface area (Å²) in [4.78, 5) is 9.48. The third-order valence-corrected chi connectivity index (χ3v) is 7.27. The highest BCUT2D eigenvalue weighted by atomic mass is 15.3. The first-order valence-electron chi connectivity index (χ1n) is 12.2. The highest BCUT2D eigenvalue weighted by molar-refractivity contribution is 6.18. The smallest absolute Gasteiger partial charge is 0.200 e. The summed E-state index contributed by atoms with van der Waals surface area (Å²) in [5.41, 5.74) is 7.74. The summed E-state index contributed by atoms with van der Waals surface area (Å²) in [6, 6.07) is 32.5. The number of nitrogens with zero attached hydrogens (tertiary/aromatic N) is 4. The van der Waals surface area contributed by atoms with Gasteiger partial charge in [0.05, 0.1) is 40.7 Å². The highest BCUT2D eigenvalue weighted by Crippen LogP contribution is 2.39. The summed E-state index contributed by atoms with van der Waals surface area (Å²) in [6.45, 7) is 0.680. The average Bonchev–Trinajstić information content (AvgIpc) is 3.44. The predicted molar refractivity (Wildman–Crippen MR) is 148 cm³/mol. The Hall–Kier alpha value is -4.84. The number of para-hydroxylation sites is 3. The molecule has 0 saturated heterocycles. The van der Waals surface area contributed by atoms with Gasteiger partial charge in [-0.2, -0.15) is 0 Å². The van der Waals surface area contributed by atoms with Gasteiger partial charge >= 0.3 is 0 Å². The molecule has 2 aromatic heterocycles. The maximum Gasteiger partial charge on any atom is 0.200 e. The number of aliphatic imine (C=N–C) groups is 2. The van der Waals surface area contributed by atoms with E-state index in [0.29, 0.717) is 6.54 Å². The Morgan fingerprint density at radius 2 is 1.39 bits per heavy atom. The van der Waals surface area contributed by atoms with Gasteiger partial charge in [0.2, 0.25) is 6.29 Å². The molecule has 0 saturated carbocycles. The molecule has 2 N–H and O–H groups in total. The molecule has 0 amide bonds. The molecule has 8 rings (SSSR count). The first-order valence-corrected chi connectivity index (χ1v) is 12.2. The van der Waals surface area contributed by atoms with Crippen molar-refractivity contribution >= 4 is 55.7 Å². The molecular formula is C30H22N6. The van der Waals surface area contributed by atoms with Crippen LogP contribution in [0, 0.1) is 0 Å². The number of rotatable bonds is 2. The molecule has 6 aromatic rings. The molecule has 0 fully saturated rings. The van der Waals surface area contributed by atoms with Gasteiger partial charge in [-0.3, -0.25) is 0 Å². The maximum absolute atomic E-state index is 5.06. The van der Waals surface area contributed by atoms with Crippen LogP contribution in [0.25, 0.3) is 49.3 Å². The van der Waals surface area contributed by atoms with Crippen LogP contribution in [-0.4, -0.2) is 27.7 Å². The molecule has 1 atom stereocenters. The van der Waals surface area contributed by atoms with E-state index in [1.54, 1.807) is 6.34 Å². The number of benzene rings is 4. The monoisotopic (exact) mass is 466 g/mol. The van der Waals surface area contributed by atoms with Crippen molar-refractivity contribution in [3.63, 3.8) is 0 Å². The fraction of sp³-hybridized carbons (Fsp3) is 0.0667. The van der Waals surface area contributed by atoms with Crippen LogP contribution in [0.1, 0.15) is 6.29 Å². The normalized spacial score (nSPS) is 17.2. The number of nitrogens with one attached hydrogen (secondary N) is 2. The first kappa shape index (κ1) is 19.5. The van der Waals surface area contributed by atoms with Gasteiger partial charge in [-0.25, -0.2) is 9.98 Å². The van der Waals surface area contributed by atoms with Crippen LogP contribution in [0.2, 0.25) is 0 Å². The zero-order valence-electron chi connectivity index (χ0n) is 19.4. The summed E-state index contributed by atoms with van der Waals surface area (Å²) < 4.78 is 4.69. The Morgan fingerprint density at radius 1 is 0.694 bits per heavy atom. The Bertz CT molecular complexity index is 1920. The largest absolute Gasteiger partial charge is 0.370 e. The molecule has 36 heavy (non-hydrogen) atoms. The van der Waals surface area contributed by atoms with Crippen LogP contribution in [0.4, 0.5) is 0 Å². The molecule has 6 heteroatoms. The van der Waals surface area contributed by atoms with Crippen LogP contribution >= 0.6 is 0 Å². The minimum Gasteiger partial charge on any atom is -0.370 e. The quantitative estimate of drug-likeness (QED) is 0.336. The van der Waals surface area contributed by atoms with Crippen LogP contribution in [0.15, 0.2) is 113 Å². The first-order chi connectivity index (χ1) is 17.9. The van der Waals surface area contributed by atoms with Crippen molar-refractivity contribution in [2.75, 3.05) is 6.54 Å². The molecule has 4 heterocycles. The van der Waals surface area contributed by atoms with E-state index in [9.17, 15) is 0 Å². The highest BCUT2D eigenvalue weighted by Gasteiger charge is 2.24. The van der Waals surface area contributed by atoms with Crippen LogP contribution < -0.4 is 10.6 Å². The molecule has 0 spiro atoms. The van der Waals surface area contributed by atoms with Crippen molar-refractivity contribution in [1.82, 2.24) is 19.8 Å². The van der Waals surface area contributed by atoms with E-state index in [1.807, 2.05) is 6.20 Å². The molecular weight excluding hydrogens is 444 g/mol. The van der Waals surface area contributed by atoms with E-state index >= 15 is 0 Å². The van der Waals surface area contributed by atoms with Crippen molar-refractivity contribution < 1.29 is 0 Å². The Morgan fingerprint density at radius 3 is 2.25 bits per heavy atom. The summed E-state index contributed by atoms with van der Waals surface area (Å²) in [6.07, 6.45) is 3.46. The van der Waals surface area contributed by atoms with Gasteiger partial charge < -0.3 is 19.8 Å². The van der Waals surface area contributed by atoms with E-state index < -0.39 is 0 Å². The lowest BCUT2D eigenvalue weighted by atomic mass is 10.1. The zero-order chi connectivity index (χ0) is 23.6. The van der Waals surface area contributed by atoms with Gasteiger partial charge in [0, 0.05) is 33.4 Å². The van der Waals surface area contributed by atoms with Crippen molar-refractivity contribution in [3.05, 3.63) is 103 Å². The van der Waals surface area contributed by atoms with Gasteiger partial charge in [0.25, 0.3) is 0 Å². The minimum atomic E-state index is -0.249. The summed E-state index contributed by atoms with van der Waals surface area (Å²) in [5.74, 6) is 0. The zero-order valence-corrected chi connectivity index (χ0v) is 19.4. The molecule has 0 bridgehead atoms. The molecule has 1 unspecified atom stereocenters. The van der Waals surface area contributed by atoms with Crippen molar-refractivity contribution in [2.24, 2.45) is 9.98 Å². The van der Waals surface area contributed by atoms with Gasteiger partial charge in [-0.05, 0) is 36.4 Å². The van der Waals surface area contributed by atoms with Gasteiger partial charge in [0.15, 0.2) is 0 Å². The number of aromatic nitrogens is 2. The average molecular weight is 467 g/mol. The molecule has 6 nitrogen and oxygen atoms in total. The lowest BCUT2D eigenvalue weighted by Crippen LogP contribution is -2.34. The topological polar surface area (TPSA) is 58.6 Å². The molecule has 0 radical (unpaired) electrons. The van der Waals surface area contributed by atoms with Crippen LogP contribution in [0.3, 0.4) is 0 Å². The lowest BCUT2D eigenvalue weighted by molar-refractivity contribution is 0.493. The minimum absolute atomic E-state index is 0.249. The van der Waals surface area contributed by atoms with Crippen molar-refractivity contribution in [1.29, 1.82) is 0 Å². The molecule has 172 valence electrons. The maximum atomic E-state index is 5.06. The summed E-state index contributed by atoms with van der Waals surface area (Å²) in [7, 11) is 0. The molecule has 2 aliphatic rings. The second-order valence-electron chi connectivity index (χ2n) is 9.25. The fourth-order valence-electron chi connectivity index (χ4n) is 5.70. The second-order valence-corrected chi connectivity index (χ2v) is 9.25. The van der Waals surface area contributed by atoms with E-state index in [-0.39, 0.29) is 6.29 Å². The van der Waals surface area contributed by atoms with Crippen LogP contribution in [-0.2, 0) is 0 Å². The molecule has 4 aromatic carbocycles. The molecule has 2 aliphatic heterocycles. The third kappa shape index (κ3) is 2.66. The lowest BCUT2D eigenvalue weighted by Gasteiger charge is -2.25. The Kier molecular flexibility index (Phi) is 3.96. The Labute approximate surface area is 206 Å². The van der Waals surface area contributed by atoms with Crippen molar-refractivity contribution in [3.8, 4) is 5.69 Å². The Balaban J connectivity index is 1.47. The van der Waals surface area contributed by atoms with Gasteiger partial charge in [0.1, 0.15) is 5.70 Å². The number of hydrogen-bond acceptors (Lipinski definition) is 4. The van der Waals surface area contributed by atoms with Crippen molar-refractivity contribution in [2.45, 2.75) is 6.29 Å². The third-order valence-electron chi connectivity index (χ3n) is 7.27. The van der Waals surface area contributed by atoms with E-state index in [1.165, 1.54) is 32.6 Å². The standard InChI is InChI=1S/C30H22N6/c1-2-8-19(9-3-1)35-26-12-6-4-10-20(26)22-15-29-23(14-28(22)35)21-11-5-7-13-27(21)36(29)30-32-17-24-25(34-30)16-31-18-33-24/h1-15,17-18,30,32H,16H2,(H,31,33). The fourth-order valence-corrected chi connectivity index (χ4v) is 5.70. The van der Waals surface area contributed by atoms with E-state index in [0.717, 1.165) is 28.1 Å². The van der Waals surface area contributed by atoms with Gasteiger partial charge in [-0.1, -0.05) is 54.6 Å². The second kappa shape index (κ2) is 7.33. The SMILES string of the molecule is C1=NC2=CNC(n3c4ccccc4c4cc5c(cc43)c3ccccc3n5-c3ccccc3)N=C2CN1. The van der Waals surface area contributed by atoms with Crippen LogP contribution in [0.5, 0.6) is 0 Å². The molecule has 0 aliphatic carbocycles.